The Balaban J connectivity index is 1.95. The van der Waals surface area contributed by atoms with E-state index in [0.29, 0.717) is 12.3 Å². The van der Waals surface area contributed by atoms with Gasteiger partial charge in [-0.25, -0.2) is 0 Å². The molecule has 0 aromatic heterocycles. The number of methoxy groups -OCH3 is 1. The molecule has 2 atom stereocenters. The molecule has 1 aromatic carbocycles. The van der Waals surface area contributed by atoms with Crippen LogP contribution < -0.4 is 0 Å². The Morgan fingerprint density at radius 1 is 1.35 bits per heavy atom. The lowest BCUT2D eigenvalue weighted by molar-refractivity contribution is -0.130. The van der Waals surface area contributed by atoms with Crippen LogP contribution in [0.1, 0.15) is 24.5 Å². The van der Waals surface area contributed by atoms with Crippen molar-refractivity contribution in [3.8, 4) is 0 Å². The molecule has 1 aliphatic heterocycles. The molecule has 4 nitrogen and oxygen atoms in total. The molecule has 1 saturated heterocycles. The molecule has 4 rings (SSSR count). The van der Waals surface area contributed by atoms with Gasteiger partial charge in [-0.3, -0.25) is 9.59 Å². The van der Waals surface area contributed by atoms with Gasteiger partial charge in [0.2, 0.25) is 11.7 Å². The fourth-order valence-corrected chi connectivity index (χ4v) is 4.43. The van der Waals surface area contributed by atoms with Crippen LogP contribution in [0.15, 0.2) is 42.2 Å². The number of fused-ring (bicyclic) bond motifs is 2. The second-order valence-corrected chi connectivity index (χ2v) is 6.51. The van der Waals surface area contributed by atoms with Gasteiger partial charge in [0.15, 0.2) is 5.76 Å². The molecule has 1 amide bonds. The smallest absolute Gasteiger partial charge is 0.220 e. The van der Waals surface area contributed by atoms with Crippen LogP contribution in [-0.4, -0.2) is 36.3 Å². The Morgan fingerprint density at radius 3 is 2.87 bits per heavy atom. The third kappa shape index (κ3) is 1.84. The Kier molecular flexibility index (Phi) is 2.98. The number of ketones is 1. The molecule has 0 N–H and O–H groups in total. The number of amides is 1. The SMILES string of the molecule is COC1=C[C@]23CCN(C(C)=O)[C@H]2Cc2ccccc2C3=CC1=O. The van der Waals surface area contributed by atoms with E-state index in [0.717, 1.165) is 24.0 Å². The second kappa shape index (κ2) is 4.82. The summed E-state index contributed by atoms with van der Waals surface area (Å²) < 4.78 is 5.30. The quantitative estimate of drug-likeness (QED) is 0.800. The van der Waals surface area contributed by atoms with Crippen molar-refractivity contribution < 1.29 is 14.3 Å². The zero-order chi connectivity index (χ0) is 16.2. The molecule has 4 heteroatoms. The summed E-state index contributed by atoms with van der Waals surface area (Å²) in [5.41, 5.74) is 3.07. The molecule has 3 aliphatic rings. The third-order valence-electron chi connectivity index (χ3n) is 5.49. The molecular weight excluding hydrogens is 290 g/mol. The first kappa shape index (κ1) is 14.2. The number of likely N-dealkylation sites (tertiary alicyclic amines) is 1. The Bertz CT molecular complexity index is 777. The van der Waals surface area contributed by atoms with Crippen molar-refractivity contribution in [3.05, 3.63) is 53.3 Å². The molecule has 1 spiro atoms. The Morgan fingerprint density at radius 2 is 2.13 bits per heavy atom. The number of ether oxygens (including phenoxy) is 1. The number of hydrogen-bond acceptors (Lipinski definition) is 3. The highest BCUT2D eigenvalue weighted by molar-refractivity contribution is 6.10. The van der Waals surface area contributed by atoms with Crippen LogP contribution in [0.4, 0.5) is 0 Å². The molecular formula is C19H19NO3. The van der Waals surface area contributed by atoms with Gasteiger partial charge in [-0.15, -0.1) is 0 Å². The summed E-state index contributed by atoms with van der Waals surface area (Å²) >= 11 is 0. The van der Waals surface area contributed by atoms with Crippen molar-refractivity contribution >= 4 is 17.3 Å². The fraction of sp³-hybridized carbons (Fsp3) is 0.368. The Labute approximate surface area is 135 Å². The topological polar surface area (TPSA) is 46.6 Å². The van der Waals surface area contributed by atoms with Crippen molar-refractivity contribution in [2.45, 2.75) is 25.8 Å². The first-order valence-corrected chi connectivity index (χ1v) is 7.95. The van der Waals surface area contributed by atoms with E-state index in [1.807, 2.05) is 23.1 Å². The van der Waals surface area contributed by atoms with Crippen molar-refractivity contribution in [2.24, 2.45) is 5.41 Å². The van der Waals surface area contributed by atoms with Crippen molar-refractivity contribution in [1.29, 1.82) is 0 Å². The molecule has 118 valence electrons. The first-order valence-electron chi connectivity index (χ1n) is 7.95. The van der Waals surface area contributed by atoms with Gasteiger partial charge in [0.25, 0.3) is 0 Å². The van der Waals surface area contributed by atoms with Crippen LogP contribution in [0.25, 0.3) is 5.57 Å². The number of allylic oxidation sites excluding steroid dienone is 1. The van der Waals surface area contributed by atoms with Gasteiger partial charge in [-0.05, 0) is 41.7 Å². The number of carbonyl (C=O) groups excluding carboxylic acids is 2. The summed E-state index contributed by atoms with van der Waals surface area (Å²) in [6.07, 6.45) is 5.33. The van der Waals surface area contributed by atoms with E-state index in [-0.39, 0.29) is 23.1 Å². The normalized spacial score (nSPS) is 28.3. The molecule has 0 saturated carbocycles. The zero-order valence-electron chi connectivity index (χ0n) is 13.3. The summed E-state index contributed by atoms with van der Waals surface area (Å²) in [6.45, 7) is 2.34. The van der Waals surface area contributed by atoms with E-state index < -0.39 is 0 Å². The number of carbonyl (C=O) groups is 2. The lowest BCUT2D eigenvalue weighted by atomic mass is 9.62. The summed E-state index contributed by atoms with van der Waals surface area (Å²) in [6, 6.07) is 8.25. The van der Waals surface area contributed by atoms with Crippen molar-refractivity contribution in [2.75, 3.05) is 13.7 Å². The number of nitrogens with zero attached hydrogens (tertiary/aromatic N) is 1. The average Bonchev–Trinajstić information content (AvgIpc) is 2.91. The molecule has 1 fully saturated rings. The van der Waals surface area contributed by atoms with E-state index in [1.54, 1.807) is 13.0 Å². The number of hydrogen-bond donors (Lipinski definition) is 0. The maximum atomic E-state index is 12.3. The van der Waals surface area contributed by atoms with Crippen LogP contribution in [0.2, 0.25) is 0 Å². The highest BCUT2D eigenvalue weighted by Gasteiger charge is 2.54. The van der Waals surface area contributed by atoms with Crippen LogP contribution in [0, 0.1) is 5.41 Å². The van der Waals surface area contributed by atoms with Gasteiger partial charge < -0.3 is 9.64 Å². The third-order valence-corrected chi connectivity index (χ3v) is 5.49. The largest absolute Gasteiger partial charge is 0.493 e. The van der Waals surface area contributed by atoms with Gasteiger partial charge >= 0.3 is 0 Å². The molecule has 2 aliphatic carbocycles. The standard InChI is InChI=1S/C19H19NO3/c1-12(21)20-8-7-19-11-17(23-2)16(22)10-15(19)14-6-4-3-5-13(14)9-18(19)20/h3-6,10-11,18H,7-9H2,1-2H3/t18-,19-/m0/s1. The van der Waals surface area contributed by atoms with Crippen LogP contribution >= 0.6 is 0 Å². The van der Waals surface area contributed by atoms with Gasteiger partial charge in [0.1, 0.15) is 0 Å². The minimum absolute atomic E-state index is 0.0550. The predicted molar refractivity (Wildman–Crippen MR) is 86.4 cm³/mol. The maximum Gasteiger partial charge on any atom is 0.220 e. The average molecular weight is 309 g/mol. The minimum Gasteiger partial charge on any atom is -0.493 e. The number of rotatable bonds is 1. The highest BCUT2D eigenvalue weighted by atomic mass is 16.5. The van der Waals surface area contributed by atoms with Gasteiger partial charge in [-0.1, -0.05) is 24.3 Å². The van der Waals surface area contributed by atoms with Crippen molar-refractivity contribution in [1.82, 2.24) is 4.90 Å². The van der Waals surface area contributed by atoms with Crippen molar-refractivity contribution in [3.63, 3.8) is 0 Å². The van der Waals surface area contributed by atoms with Crippen LogP contribution in [0.5, 0.6) is 0 Å². The van der Waals surface area contributed by atoms with E-state index >= 15 is 0 Å². The van der Waals surface area contributed by atoms with Gasteiger partial charge in [0.05, 0.1) is 7.11 Å². The first-order chi connectivity index (χ1) is 11.1. The molecule has 0 radical (unpaired) electrons. The molecule has 1 aromatic rings. The van der Waals surface area contributed by atoms with E-state index in [4.69, 9.17) is 4.74 Å². The fourth-order valence-electron chi connectivity index (χ4n) is 4.43. The second-order valence-electron chi connectivity index (χ2n) is 6.51. The van der Waals surface area contributed by atoms with Crippen LogP contribution in [0.3, 0.4) is 0 Å². The molecule has 0 unspecified atom stereocenters. The number of benzene rings is 1. The minimum atomic E-state index is -0.306. The summed E-state index contributed by atoms with van der Waals surface area (Å²) in [5, 5.41) is 0. The monoisotopic (exact) mass is 309 g/mol. The summed E-state index contributed by atoms with van der Waals surface area (Å²) in [5.74, 6) is 0.392. The maximum absolute atomic E-state index is 12.3. The molecule has 1 heterocycles. The summed E-state index contributed by atoms with van der Waals surface area (Å²) in [4.78, 5) is 26.4. The van der Waals surface area contributed by atoms with E-state index in [2.05, 4.69) is 12.1 Å². The molecule has 0 bridgehead atoms. The van der Waals surface area contributed by atoms with Gasteiger partial charge in [0, 0.05) is 24.9 Å². The van der Waals surface area contributed by atoms with E-state index in [9.17, 15) is 9.59 Å². The van der Waals surface area contributed by atoms with Gasteiger partial charge in [-0.2, -0.15) is 0 Å². The van der Waals surface area contributed by atoms with E-state index in [1.165, 1.54) is 12.7 Å². The lowest BCUT2D eigenvalue weighted by Gasteiger charge is -2.44. The van der Waals surface area contributed by atoms with Crippen LogP contribution in [-0.2, 0) is 20.7 Å². The highest BCUT2D eigenvalue weighted by Crippen LogP contribution is 2.55. The predicted octanol–water partition coefficient (Wildman–Crippen LogP) is 2.35. The molecule has 23 heavy (non-hydrogen) atoms. The lowest BCUT2D eigenvalue weighted by Crippen LogP contribution is -2.47. The summed E-state index contributed by atoms with van der Waals surface area (Å²) in [7, 11) is 1.53. The zero-order valence-corrected chi connectivity index (χ0v) is 13.3. The Hall–Kier alpha value is -2.36.